The summed E-state index contributed by atoms with van der Waals surface area (Å²) in [6.07, 6.45) is 2.50. The van der Waals surface area contributed by atoms with Gasteiger partial charge in [-0.3, -0.25) is 0 Å². The van der Waals surface area contributed by atoms with E-state index in [1.807, 2.05) is 24.3 Å². The molecule has 3 aromatic rings. The van der Waals surface area contributed by atoms with Crippen molar-refractivity contribution in [2.75, 3.05) is 24.3 Å². The van der Waals surface area contributed by atoms with E-state index < -0.39 is 0 Å². The molecule has 0 spiro atoms. The van der Waals surface area contributed by atoms with Crippen LogP contribution >= 0.6 is 0 Å². The van der Waals surface area contributed by atoms with Gasteiger partial charge in [-0.1, -0.05) is 36.4 Å². The Balaban J connectivity index is 1.51. The minimum Gasteiger partial charge on any atom is -0.497 e. The van der Waals surface area contributed by atoms with Crippen LogP contribution in [0.15, 0.2) is 54.7 Å². The molecule has 1 aromatic heterocycles. The van der Waals surface area contributed by atoms with E-state index in [1.54, 1.807) is 13.3 Å². The van der Waals surface area contributed by atoms with E-state index in [-0.39, 0.29) is 0 Å². The molecule has 3 rings (SSSR count). The van der Waals surface area contributed by atoms with Gasteiger partial charge in [0.15, 0.2) is 5.82 Å². The van der Waals surface area contributed by atoms with Crippen LogP contribution in [0.5, 0.6) is 5.75 Å². The van der Waals surface area contributed by atoms with Crippen LogP contribution in [0.3, 0.4) is 0 Å². The molecule has 0 amide bonds. The normalized spacial score (nSPS) is 10.4. The first-order chi connectivity index (χ1) is 12.7. The fraction of sp³-hybridized carbons (Fsp3) is 0.250. The maximum Gasteiger partial charge on any atom is 0.244 e. The second kappa shape index (κ2) is 8.80. The minimum atomic E-state index is 0.522. The van der Waals surface area contributed by atoms with Gasteiger partial charge in [0.25, 0.3) is 0 Å². The van der Waals surface area contributed by atoms with Crippen molar-refractivity contribution in [3.05, 3.63) is 71.4 Å². The highest BCUT2D eigenvalue weighted by Crippen LogP contribution is 2.12. The highest BCUT2D eigenvalue weighted by atomic mass is 16.5. The molecule has 0 atom stereocenters. The highest BCUT2D eigenvalue weighted by molar-refractivity contribution is 5.39. The summed E-state index contributed by atoms with van der Waals surface area (Å²) >= 11 is 0. The highest BCUT2D eigenvalue weighted by Gasteiger charge is 2.02. The lowest BCUT2D eigenvalue weighted by Crippen LogP contribution is -2.11. The van der Waals surface area contributed by atoms with Crippen LogP contribution in [-0.4, -0.2) is 28.8 Å². The fourth-order valence-electron chi connectivity index (χ4n) is 2.57. The van der Waals surface area contributed by atoms with Crippen LogP contribution in [0.4, 0.5) is 11.8 Å². The SMILES string of the molecule is COc1ccc(CCNc2nncc(NCc3ccccc3C)n2)cc1. The van der Waals surface area contributed by atoms with Crippen molar-refractivity contribution in [3.63, 3.8) is 0 Å². The number of methoxy groups -OCH3 is 1. The molecule has 2 N–H and O–H groups in total. The maximum absolute atomic E-state index is 5.17. The molecular formula is C20H23N5O. The van der Waals surface area contributed by atoms with Gasteiger partial charge in [0.1, 0.15) is 5.75 Å². The predicted molar refractivity (Wildman–Crippen MR) is 104 cm³/mol. The Kier molecular flexibility index (Phi) is 5.98. The number of aryl methyl sites for hydroxylation is 1. The third-order valence-electron chi connectivity index (χ3n) is 4.14. The number of benzene rings is 2. The number of nitrogens with zero attached hydrogens (tertiary/aromatic N) is 3. The molecule has 0 aliphatic rings. The number of anilines is 2. The standard InChI is InChI=1S/C20H23N5O/c1-15-5-3-4-6-17(15)13-22-19-14-23-25-20(24-19)21-12-11-16-7-9-18(26-2)10-8-16/h3-10,14H,11-13H2,1-2H3,(H2,21,22,24,25). The van der Waals surface area contributed by atoms with Gasteiger partial charge in [-0.15, -0.1) is 5.10 Å². The lowest BCUT2D eigenvalue weighted by molar-refractivity contribution is 0.414. The van der Waals surface area contributed by atoms with Crippen LogP contribution in [-0.2, 0) is 13.0 Å². The summed E-state index contributed by atoms with van der Waals surface area (Å²) in [5.41, 5.74) is 3.71. The molecule has 0 unspecified atom stereocenters. The molecular weight excluding hydrogens is 326 g/mol. The quantitative estimate of drug-likeness (QED) is 0.649. The van der Waals surface area contributed by atoms with Gasteiger partial charge >= 0.3 is 0 Å². The second-order valence-corrected chi connectivity index (χ2v) is 5.97. The Bertz CT molecular complexity index is 836. The number of ether oxygens (including phenoxy) is 1. The monoisotopic (exact) mass is 349 g/mol. The fourth-order valence-corrected chi connectivity index (χ4v) is 2.57. The molecule has 0 aliphatic carbocycles. The van der Waals surface area contributed by atoms with Gasteiger partial charge in [-0.25, -0.2) is 0 Å². The zero-order chi connectivity index (χ0) is 18.2. The number of rotatable bonds is 8. The Morgan fingerprint density at radius 3 is 2.58 bits per heavy atom. The van der Waals surface area contributed by atoms with Gasteiger partial charge in [-0.2, -0.15) is 10.1 Å². The van der Waals surface area contributed by atoms with E-state index in [0.717, 1.165) is 18.7 Å². The number of hydrogen-bond donors (Lipinski definition) is 2. The topological polar surface area (TPSA) is 72.0 Å². The molecule has 0 bridgehead atoms. The molecule has 6 nitrogen and oxygen atoms in total. The summed E-state index contributed by atoms with van der Waals surface area (Å²) in [5.74, 6) is 2.09. The summed E-state index contributed by atoms with van der Waals surface area (Å²) in [7, 11) is 1.67. The minimum absolute atomic E-state index is 0.522. The molecule has 0 fully saturated rings. The third kappa shape index (κ3) is 4.92. The van der Waals surface area contributed by atoms with Crippen molar-refractivity contribution < 1.29 is 4.74 Å². The molecule has 0 radical (unpaired) electrons. The molecule has 0 saturated carbocycles. The molecule has 2 aromatic carbocycles. The summed E-state index contributed by atoms with van der Waals surface area (Å²) in [4.78, 5) is 4.46. The van der Waals surface area contributed by atoms with Crippen molar-refractivity contribution >= 4 is 11.8 Å². The van der Waals surface area contributed by atoms with Crippen molar-refractivity contribution in [2.24, 2.45) is 0 Å². The van der Waals surface area contributed by atoms with Crippen molar-refractivity contribution in [2.45, 2.75) is 19.9 Å². The van der Waals surface area contributed by atoms with E-state index in [1.165, 1.54) is 16.7 Å². The van der Waals surface area contributed by atoms with Gasteiger partial charge < -0.3 is 15.4 Å². The van der Waals surface area contributed by atoms with Crippen LogP contribution in [0.2, 0.25) is 0 Å². The van der Waals surface area contributed by atoms with Crippen molar-refractivity contribution in [3.8, 4) is 5.75 Å². The molecule has 1 heterocycles. The first kappa shape index (κ1) is 17.7. The molecule has 6 heteroatoms. The lowest BCUT2D eigenvalue weighted by atomic mass is 10.1. The smallest absolute Gasteiger partial charge is 0.244 e. The third-order valence-corrected chi connectivity index (χ3v) is 4.14. The lowest BCUT2D eigenvalue weighted by Gasteiger charge is -2.09. The van der Waals surface area contributed by atoms with E-state index in [4.69, 9.17) is 4.74 Å². The summed E-state index contributed by atoms with van der Waals surface area (Å²) in [6, 6.07) is 16.3. The number of hydrogen-bond acceptors (Lipinski definition) is 6. The zero-order valence-electron chi connectivity index (χ0n) is 15.1. The predicted octanol–water partition coefficient (Wildman–Crippen LogP) is 3.46. The largest absolute Gasteiger partial charge is 0.497 e. The van der Waals surface area contributed by atoms with E-state index in [9.17, 15) is 0 Å². The van der Waals surface area contributed by atoms with Crippen LogP contribution in [0.25, 0.3) is 0 Å². The van der Waals surface area contributed by atoms with Crippen molar-refractivity contribution in [1.82, 2.24) is 15.2 Å². The first-order valence-corrected chi connectivity index (χ1v) is 8.59. The zero-order valence-corrected chi connectivity index (χ0v) is 15.1. The summed E-state index contributed by atoms with van der Waals surface area (Å²) in [5, 5.41) is 14.6. The summed E-state index contributed by atoms with van der Waals surface area (Å²) in [6.45, 7) is 3.54. The molecule has 26 heavy (non-hydrogen) atoms. The molecule has 134 valence electrons. The van der Waals surface area contributed by atoms with E-state index in [0.29, 0.717) is 18.3 Å². The Morgan fingerprint density at radius 1 is 1.00 bits per heavy atom. The number of nitrogens with one attached hydrogen (secondary N) is 2. The molecule has 0 aliphatic heterocycles. The van der Waals surface area contributed by atoms with Gasteiger partial charge in [0.2, 0.25) is 5.95 Å². The van der Waals surface area contributed by atoms with Gasteiger partial charge in [0.05, 0.1) is 13.3 Å². The average Bonchev–Trinajstić information content (AvgIpc) is 2.68. The Hall–Kier alpha value is -3.15. The van der Waals surface area contributed by atoms with Crippen molar-refractivity contribution in [1.29, 1.82) is 0 Å². The van der Waals surface area contributed by atoms with Crippen LogP contribution in [0.1, 0.15) is 16.7 Å². The number of aromatic nitrogens is 3. The maximum atomic E-state index is 5.17. The van der Waals surface area contributed by atoms with Gasteiger partial charge in [0, 0.05) is 13.1 Å². The van der Waals surface area contributed by atoms with E-state index in [2.05, 4.69) is 57.0 Å². The second-order valence-electron chi connectivity index (χ2n) is 5.97. The first-order valence-electron chi connectivity index (χ1n) is 8.59. The molecule has 0 saturated heterocycles. The average molecular weight is 349 g/mol. The van der Waals surface area contributed by atoms with Crippen LogP contribution in [0, 0.1) is 6.92 Å². The Labute approximate surface area is 153 Å². The Morgan fingerprint density at radius 2 is 1.81 bits per heavy atom. The van der Waals surface area contributed by atoms with Crippen LogP contribution < -0.4 is 15.4 Å². The summed E-state index contributed by atoms with van der Waals surface area (Å²) < 4.78 is 5.17. The van der Waals surface area contributed by atoms with E-state index >= 15 is 0 Å². The van der Waals surface area contributed by atoms with Gasteiger partial charge in [-0.05, 0) is 42.2 Å².